The zero-order valence-corrected chi connectivity index (χ0v) is 18.5. The maximum Gasteiger partial charge on any atom is 0.310 e. The predicted molar refractivity (Wildman–Crippen MR) is 114 cm³/mol. The number of esters is 1. The van der Waals surface area contributed by atoms with Crippen molar-refractivity contribution in [2.75, 3.05) is 33.9 Å². The molecule has 0 spiro atoms. The Bertz CT molecular complexity index is 649. The highest BCUT2D eigenvalue weighted by molar-refractivity contribution is 14.0. The third-order valence-corrected chi connectivity index (χ3v) is 5.04. The number of aliphatic imine (C=N–C) groups is 1. The molecule has 1 N–H and O–H groups in total. The van der Waals surface area contributed by atoms with E-state index in [1.165, 1.54) is 20.0 Å². The summed E-state index contributed by atoms with van der Waals surface area (Å²) in [6.07, 6.45) is 4.37. The Balaban J connectivity index is 0.00000261. The van der Waals surface area contributed by atoms with Crippen LogP contribution in [-0.4, -0.2) is 55.7 Å². The molecule has 0 bridgehead atoms. The average molecular weight is 488 g/mol. The van der Waals surface area contributed by atoms with Crippen LogP contribution in [0.1, 0.15) is 25.3 Å². The molecule has 2 fully saturated rings. The minimum atomic E-state index is -0.151. The zero-order chi connectivity index (χ0) is 18.5. The minimum absolute atomic E-state index is 0. The molecule has 2 atom stereocenters. The van der Waals surface area contributed by atoms with Crippen LogP contribution in [0, 0.1) is 17.8 Å². The van der Waals surface area contributed by atoms with E-state index in [2.05, 4.69) is 27.1 Å². The van der Waals surface area contributed by atoms with Crippen LogP contribution >= 0.6 is 24.0 Å². The lowest BCUT2D eigenvalue weighted by molar-refractivity contribution is -0.145. The standard InChI is InChI=1S/C19H28N4O3.HI/c1-13-10-23(11-16(13)18(24)25-3)19(20-2)22-9-15-6-7-17(21-8-15)26-12-14-4-5-14;/h6-8,13-14,16H,4-5,9-12H2,1-3H3,(H,20,22);1H. The molecule has 1 saturated carbocycles. The van der Waals surface area contributed by atoms with Gasteiger partial charge in [0.2, 0.25) is 5.88 Å². The van der Waals surface area contributed by atoms with Gasteiger partial charge in [-0.3, -0.25) is 9.79 Å². The summed E-state index contributed by atoms with van der Waals surface area (Å²) in [7, 11) is 3.20. The van der Waals surface area contributed by atoms with E-state index in [1.54, 1.807) is 7.05 Å². The number of carbonyl (C=O) groups excluding carboxylic acids is 1. The van der Waals surface area contributed by atoms with Gasteiger partial charge in [-0.1, -0.05) is 13.0 Å². The van der Waals surface area contributed by atoms with Crippen LogP contribution in [0.2, 0.25) is 0 Å². The first-order chi connectivity index (χ1) is 12.6. The lowest BCUT2D eigenvalue weighted by Gasteiger charge is -2.21. The summed E-state index contributed by atoms with van der Waals surface area (Å²) in [6, 6.07) is 3.92. The molecule has 1 aromatic heterocycles. The van der Waals surface area contributed by atoms with E-state index in [0.29, 0.717) is 19.0 Å². The van der Waals surface area contributed by atoms with Crippen molar-refractivity contribution in [3.63, 3.8) is 0 Å². The fraction of sp³-hybridized carbons (Fsp3) is 0.632. The molecule has 3 rings (SSSR count). The number of guanidine groups is 1. The third kappa shape index (κ3) is 5.95. The molecular formula is C19H29IN4O3. The van der Waals surface area contributed by atoms with Gasteiger partial charge in [-0.25, -0.2) is 4.98 Å². The highest BCUT2D eigenvalue weighted by Gasteiger charge is 2.36. The van der Waals surface area contributed by atoms with Crippen LogP contribution in [0.5, 0.6) is 5.88 Å². The number of aromatic nitrogens is 1. The van der Waals surface area contributed by atoms with Gasteiger partial charge in [0.25, 0.3) is 0 Å². The second kappa shape index (κ2) is 10.1. The number of pyridine rings is 1. The number of nitrogens with one attached hydrogen (secondary N) is 1. The summed E-state index contributed by atoms with van der Waals surface area (Å²) in [5, 5.41) is 3.35. The van der Waals surface area contributed by atoms with Crippen LogP contribution in [0.3, 0.4) is 0 Å². The second-order valence-corrected chi connectivity index (χ2v) is 7.17. The molecule has 150 valence electrons. The monoisotopic (exact) mass is 488 g/mol. The molecule has 27 heavy (non-hydrogen) atoms. The topological polar surface area (TPSA) is 76.1 Å². The van der Waals surface area contributed by atoms with Crippen LogP contribution in [0.4, 0.5) is 0 Å². The number of halogens is 1. The van der Waals surface area contributed by atoms with E-state index >= 15 is 0 Å². The van der Waals surface area contributed by atoms with Gasteiger partial charge in [0, 0.05) is 38.9 Å². The Labute approximate surface area is 177 Å². The van der Waals surface area contributed by atoms with Crippen molar-refractivity contribution in [3.8, 4) is 5.88 Å². The fourth-order valence-electron chi connectivity index (χ4n) is 3.20. The zero-order valence-electron chi connectivity index (χ0n) is 16.2. The average Bonchev–Trinajstić information content (AvgIpc) is 3.42. The normalized spacial score (nSPS) is 22.2. The number of carbonyl (C=O) groups is 1. The first kappa shape index (κ1) is 21.7. The highest BCUT2D eigenvalue weighted by atomic mass is 127. The smallest absolute Gasteiger partial charge is 0.310 e. The lowest BCUT2D eigenvalue weighted by Crippen LogP contribution is -2.40. The van der Waals surface area contributed by atoms with Crippen LogP contribution in [-0.2, 0) is 16.1 Å². The van der Waals surface area contributed by atoms with Crippen molar-refractivity contribution in [1.82, 2.24) is 15.2 Å². The summed E-state index contributed by atoms with van der Waals surface area (Å²) < 4.78 is 10.6. The van der Waals surface area contributed by atoms with E-state index in [1.807, 2.05) is 18.3 Å². The molecule has 2 aliphatic rings. The molecular weight excluding hydrogens is 459 g/mol. The van der Waals surface area contributed by atoms with Crippen molar-refractivity contribution in [2.45, 2.75) is 26.3 Å². The number of likely N-dealkylation sites (tertiary alicyclic amines) is 1. The van der Waals surface area contributed by atoms with Crippen molar-refractivity contribution in [3.05, 3.63) is 23.9 Å². The number of ether oxygens (including phenoxy) is 2. The minimum Gasteiger partial charge on any atom is -0.477 e. The lowest BCUT2D eigenvalue weighted by atomic mass is 9.99. The van der Waals surface area contributed by atoms with Crippen molar-refractivity contribution >= 4 is 35.9 Å². The highest BCUT2D eigenvalue weighted by Crippen LogP contribution is 2.29. The van der Waals surface area contributed by atoms with Gasteiger partial charge in [0.1, 0.15) is 0 Å². The molecule has 1 aliphatic carbocycles. The quantitative estimate of drug-likeness (QED) is 0.287. The van der Waals surface area contributed by atoms with E-state index in [0.717, 1.165) is 30.6 Å². The summed E-state index contributed by atoms with van der Waals surface area (Å²) in [5.41, 5.74) is 1.06. The van der Waals surface area contributed by atoms with Crippen molar-refractivity contribution in [2.24, 2.45) is 22.7 Å². The Morgan fingerprint density at radius 3 is 2.74 bits per heavy atom. The molecule has 7 nitrogen and oxygen atoms in total. The predicted octanol–water partition coefficient (Wildman–Crippen LogP) is 2.30. The Kier molecular flexibility index (Phi) is 8.12. The summed E-state index contributed by atoms with van der Waals surface area (Å²) in [6.45, 7) is 4.87. The molecule has 0 amide bonds. The largest absolute Gasteiger partial charge is 0.477 e. The first-order valence-corrected chi connectivity index (χ1v) is 9.22. The van der Waals surface area contributed by atoms with Gasteiger partial charge in [0.15, 0.2) is 5.96 Å². The van der Waals surface area contributed by atoms with Gasteiger partial charge in [0.05, 0.1) is 19.6 Å². The van der Waals surface area contributed by atoms with Gasteiger partial charge in [-0.15, -0.1) is 24.0 Å². The van der Waals surface area contributed by atoms with E-state index in [-0.39, 0.29) is 41.8 Å². The van der Waals surface area contributed by atoms with Crippen molar-refractivity contribution < 1.29 is 14.3 Å². The number of hydrogen-bond acceptors (Lipinski definition) is 5. The van der Waals surface area contributed by atoms with Gasteiger partial charge in [-0.2, -0.15) is 0 Å². The summed E-state index contributed by atoms with van der Waals surface area (Å²) in [5.74, 6) is 2.17. The molecule has 2 unspecified atom stereocenters. The van der Waals surface area contributed by atoms with Gasteiger partial charge < -0.3 is 19.7 Å². The maximum atomic E-state index is 11.9. The SMILES string of the molecule is CN=C(NCc1ccc(OCC2CC2)nc1)N1CC(C)C(C(=O)OC)C1.I. The van der Waals surface area contributed by atoms with Crippen LogP contribution < -0.4 is 10.1 Å². The van der Waals surface area contributed by atoms with E-state index in [4.69, 9.17) is 9.47 Å². The maximum absolute atomic E-state index is 11.9. The van der Waals surface area contributed by atoms with Gasteiger partial charge in [-0.05, 0) is 30.2 Å². The number of rotatable bonds is 6. The second-order valence-electron chi connectivity index (χ2n) is 7.17. The molecule has 0 radical (unpaired) electrons. The summed E-state index contributed by atoms with van der Waals surface area (Å²) in [4.78, 5) is 22.7. The molecule has 1 saturated heterocycles. The Hall–Kier alpha value is -1.58. The molecule has 0 aromatic carbocycles. The number of nitrogens with zero attached hydrogens (tertiary/aromatic N) is 3. The third-order valence-electron chi connectivity index (χ3n) is 5.04. The first-order valence-electron chi connectivity index (χ1n) is 9.22. The Morgan fingerprint density at radius 1 is 1.37 bits per heavy atom. The molecule has 8 heteroatoms. The molecule has 1 aliphatic heterocycles. The summed E-state index contributed by atoms with van der Waals surface area (Å²) >= 11 is 0. The number of methoxy groups -OCH3 is 1. The number of hydrogen-bond donors (Lipinski definition) is 1. The molecule has 2 heterocycles. The van der Waals surface area contributed by atoms with Crippen LogP contribution in [0.15, 0.2) is 23.3 Å². The van der Waals surface area contributed by atoms with Crippen molar-refractivity contribution in [1.29, 1.82) is 0 Å². The molecule has 1 aromatic rings. The van der Waals surface area contributed by atoms with Gasteiger partial charge >= 0.3 is 5.97 Å². The Morgan fingerprint density at radius 2 is 2.15 bits per heavy atom. The fourth-order valence-corrected chi connectivity index (χ4v) is 3.20. The van der Waals surface area contributed by atoms with Crippen LogP contribution in [0.25, 0.3) is 0 Å². The van der Waals surface area contributed by atoms with E-state index < -0.39 is 0 Å². The van der Waals surface area contributed by atoms with E-state index in [9.17, 15) is 4.79 Å².